The minimum atomic E-state index is -3.29. The Morgan fingerprint density at radius 2 is 1.68 bits per heavy atom. The third kappa shape index (κ3) is 5.25. The molecule has 9 nitrogen and oxygen atoms in total. The number of alkyl halides is 3. The van der Waals surface area contributed by atoms with Crippen molar-refractivity contribution in [2.45, 2.75) is 32.5 Å². The van der Waals surface area contributed by atoms with Crippen molar-refractivity contribution >= 4 is 28.4 Å². The third-order valence-corrected chi connectivity index (χ3v) is 6.40. The number of rotatable bonds is 7. The van der Waals surface area contributed by atoms with Crippen molar-refractivity contribution in [1.29, 1.82) is 0 Å². The molecule has 1 amide bonds. The van der Waals surface area contributed by atoms with E-state index in [1.807, 2.05) is 13.8 Å². The number of nitrogens with two attached hydrogens (primary N) is 1. The Bertz CT molecular complexity index is 1800. The second-order valence-corrected chi connectivity index (χ2v) is 9.48. The fourth-order valence-corrected chi connectivity index (χ4v) is 4.28. The number of carbonyl (C=O) groups is 1. The van der Waals surface area contributed by atoms with Gasteiger partial charge in [0.1, 0.15) is 29.2 Å². The van der Waals surface area contributed by atoms with Gasteiger partial charge in [0, 0.05) is 17.4 Å². The zero-order valence-electron chi connectivity index (χ0n) is 21.7. The van der Waals surface area contributed by atoms with Crippen molar-refractivity contribution in [3.05, 3.63) is 94.5 Å². The van der Waals surface area contributed by atoms with Crippen LogP contribution in [0.3, 0.4) is 0 Å². The highest BCUT2D eigenvalue weighted by molar-refractivity contribution is 6.05. The fourth-order valence-electron chi connectivity index (χ4n) is 4.28. The molecule has 0 saturated heterocycles. The van der Waals surface area contributed by atoms with Crippen LogP contribution in [0.25, 0.3) is 27.8 Å². The van der Waals surface area contributed by atoms with Crippen LogP contribution in [-0.2, 0) is 0 Å². The predicted molar refractivity (Wildman–Crippen MR) is 145 cm³/mol. The zero-order valence-corrected chi connectivity index (χ0v) is 21.7. The normalized spacial score (nSPS) is 12.3. The van der Waals surface area contributed by atoms with E-state index in [1.165, 1.54) is 48.7 Å². The number of nitrogens with zero attached hydrogens (tertiary/aromatic N) is 5. The molecule has 5 aromatic rings. The molecule has 210 valence electrons. The van der Waals surface area contributed by atoms with Crippen molar-refractivity contribution in [3.63, 3.8) is 0 Å². The lowest BCUT2D eigenvalue weighted by Crippen LogP contribution is -2.31. The van der Waals surface area contributed by atoms with Gasteiger partial charge in [0.2, 0.25) is 6.30 Å². The Hall–Kier alpha value is -5.07. The number of fused-ring (bicyclic) bond motifs is 1. The molecule has 1 unspecified atom stereocenters. The number of nitrogens with one attached hydrogen (secondary N) is 1. The Kier molecular flexibility index (Phi) is 7.26. The summed E-state index contributed by atoms with van der Waals surface area (Å²) in [6, 6.07) is 12.7. The molecule has 0 fully saturated rings. The molecule has 3 heterocycles. The largest absolute Gasteiger partial charge is 0.383 e. The first kappa shape index (κ1) is 27.5. The summed E-state index contributed by atoms with van der Waals surface area (Å²) in [7, 11) is 0. The minimum Gasteiger partial charge on any atom is -0.383 e. The molecule has 3 aromatic heterocycles. The van der Waals surface area contributed by atoms with Gasteiger partial charge in [0.05, 0.1) is 16.8 Å². The predicted octanol–water partition coefficient (Wildman–Crippen LogP) is 5.47. The van der Waals surface area contributed by atoms with Crippen molar-refractivity contribution in [3.8, 4) is 16.8 Å². The molecule has 5 rings (SSSR count). The summed E-state index contributed by atoms with van der Waals surface area (Å²) in [5.41, 5.74) is 6.88. The third-order valence-electron chi connectivity index (χ3n) is 6.40. The van der Waals surface area contributed by atoms with Gasteiger partial charge in [-0.05, 0) is 53.9 Å². The summed E-state index contributed by atoms with van der Waals surface area (Å²) in [6.07, 6.45) is -3.69. The first-order valence-electron chi connectivity index (χ1n) is 12.4. The van der Waals surface area contributed by atoms with Gasteiger partial charge in [-0.25, -0.2) is 27.5 Å². The number of nitrogen functional groups attached to an aromatic ring is 1. The second kappa shape index (κ2) is 10.8. The average Bonchev–Trinajstić information content (AvgIpc) is 3.34. The molecule has 0 bridgehead atoms. The Balaban J connectivity index is 1.48. The maximum atomic E-state index is 14.3. The topological polar surface area (TPSA) is 121 Å². The molecule has 13 heteroatoms. The molecule has 3 N–H and O–H groups in total. The summed E-state index contributed by atoms with van der Waals surface area (Å²) in [6.45, 7) is 3.70. The Morgan fingerprint density at radius 1 is 1.00 bits per heavy atom. The van der Waals surface area contributed by atoms with Gasteiger partial charge in [-0.1, -0.05) is 26.0 Å². The van der Waals surface area contributed by atoms with E-state index in [0.717, 1.165) is 11.0 Å². The van der Waals surface area contributed by atoms with E-state index in [2.05, 4.69) is 20.4 Å². The molecule has 0 spiro atoms. The second-order valence-electron chi connectivity index (χ2n) is 9.48. The molecule has 0 aliphatic carbocycles. The fraction of sp³-hybridized carbons (Fsp3) is 0.179. The lowest BCUT2D eigenvalue weighted by Gasteiger charge is -2.13. The van der Waals surface area contributed by atoms with Gasteiger partial charge in [-0.2, -0.15) is 9.78 Å². The molecular formula is C28H23F4N7O2. The number of carbonyl (C=O) groups excluding carboxylic acids is 1. The number of benzene rings is 2. The summed E-state index contributed by atoms with van der Waals surface area (Å²) in [4.78, 5) is 34.2. The molecule has 0 radical (unpaired) electrons. The van der Waals surface area contributed by atoms with E-state index < -0.39 is 30.0 Å². The summed E-state index contributed by atoms with van der Waals surface area (Å²) < 4.78 is 55.8. The van der Waals surface area contributed by atoms with Crippen LogP contribution in [-0.4, -0.2) is 36.6 Å². The summed E-state index contributed by atoms with van der Waals surface area (Å²) in [5.74, 6) is -1.32. The van der Waals surface area contributed by atoms with Crippen LogP contribution in [0.2, 0.25) is 0 Å². The van der Waals surface area contributed by atoms with Crippen LogP contribution < -0.4 is 16.6 Å². The molecule has 0 aliphatic rings. The van der Waals surface area contributed by atoms with Gasteiger partial charge < -0.3 is 11.1 Å². The highest BCUT2D eigenvalue weighted by Crippen LogP contribution is 2.36. The monoisotopic (exact) mass is 565 g/mol. The van der Waals surface area contributed by atoms with Crippen LogP contribution >= 0.6 is 0 Å². The Labute approximate surface area is 230 Å². The molecular weight excluding hydrogens is 542 g/mol. The lowest BCUT2D eigenvalue weighted by atomic mass is 10.1. The molecule has 0 saturated carbocycles. The lowest BCUT2D eigenvalue weighted by molar-refractivity contribution is 0.0104. The molecule has 0 aliphatic heterocycles. The summed E-state index contributed by atoms with van der Waals surface area (Å²) >= 11 is 0. The average molecular weight is 566 g/mol. The van der Waals surface area contributed by atoms with Crippen molar-refractivity contribution in [2.75, 3.05) is 11.1 Å². The van der Waals surface area contributed by atoms with Crippen molar-refractivity contribution in [1.82, 2.24) is 24.3 Å². The smallest absolute Gasteiger partial charge is 0.288 e. The molecule has 2 aromatic carbocycles. The highest BCUT2D eigenvalue weighted by Gasteiger charge is 2.26. The number of aromatic nitrogens is 5. The van der Waals surface area contributed by atoms with Gasteiger partial charge in [0.15, 0.2) is 0 Å². The first-order chi connectivity index (χ1) is 19.5. The maximum absolute atomic E-state index is 14.3. The van der Waals surface area contributed by atoms with E-state index in [9.17, 15) is 27.2 Å². The maximum Gasteiger partial charge on any atom is 0.288 e. The van der Waals surface area contributed by atoms with Gasteiger partial charge in [-0.3, -0.25) is 14.2 Å². The highest BCUT2D eigenvalue weighted by atomic mass is 19.3. The van der Waals surface area contributed by atoms with E-state index in [-0.39, 0.29) is 28.3 Å². The molecule has 41 heavy (non-hydrogen) atoms. The Morgan fingerprint density at radius 3 is 2.32 bits per heavy atom. The quantitative estimate of drug-likeness (QED) is 0.252. The number of hydrogen-bond donors (Lipinski definition) is 2. The zero-order chi connectivity index (χ0) is 29.4. The standard InChI is InChI=1S/C28H23F4N7O2/c1-14(2)21-11-19(28(41)39(37-21)18-9-5-16(29)6-10-18)27(40)36-17-7-3-15(4-8-17)20-12-38(24(32)23(30)31)26-22(20)25(33)34-13-35-26/h3-14,23-24H,1-2H3,(H,36,40)(H2,33,34,35). The van der Waals surface area contributed by atoms with Gasteiger partial charge in [0.25, 0.3) is 17.9 Å². The first-order valence-corrected chi connectivity index (χ1v) is 12.4. The van der Waals surface area contributed by atoms with E-state index in [1.54, 1.807) is 12.1 Å². The minimum absolute atomic E-state index is 0.0151. The van der Waals surface area contributed by atoms with Crippen LogP contribution in [0.15, 0.2) is 71.9 Å². The summed E-state index contributed by atoms with van der Waals surface area (Å²) in [5, 5.41) is 7.20. The van der Waals surface area contributed by atoms with Crippen LogP contribution in [0.1, 0.15) is 42.1 Å². The SMILES string of the molecule is CC(C)c1cc(C(=O)Nc2ccc(-c3cn(C(F)C(F)F)c4ncnc(N)c34)cc2)c(=O)n(-c2ccc(F)cc2)n1. The van der Waals surface area contributed by atoms with E-state index >= 15 is 0 Å². The van der Waals surface area contributed by atoms with Gasteiger partial charge >= 0.3 is 0 Å². The van der Waals surface area contributed by atoms with Crippen molar-refractivity contribution in [2.24, 2.45) is 0 Å². The number of anilines is 2. The van der Waals surface area contributed by atoms with Crippen molar-refractivity contribution < 1.29 is 22.4 Å². The van der Waals surface area contributed by atoms with E-state index in [0.29, 0.717) is 32.8 Å². The number of hydrogen-bond acceptors (Lipinski definition) is 6. The van der Waals surface area contributed by atoms with Crippen LogP contribution in [0.4, 0.5) is 29.1 Å². The van der Waals surface area contributed by atoms with Crippen LogP contribution in [0.5, 0.6) is 0 Å². The van der Waals surface area contributed by atoms with E-state index in [4.69, 9.17) is 5.73 Å². The van der Waals surface area contributed by atoms with Gasteiger partial charge in [-0.15, -0.1) is 0 Å². The number of halogens is 4. The number of amides is 1. The molecule has 1 atom stereocenters. The van der Waals surface area contributed by atoms with Crippen LogP contribution in [0, 0.1) is 5.82 Å².